The minimum Gasteiger partial charge on any atom is -0.491 e. The molecule has 0 spiro atoms. The first-order chi connectivity index (χ1) is 7.63. The molecule has 0 aromatic heterocycles. The number of hydrogen-bond acceptors (Lipinski definition) is 2. The fraction of sp³-hybridized carbons (Fsp3) is 0.500. The topological polar surface area (TPSA) is 29.5 Å². The van der Waals surface area contributed by atoms with Crippen LogP contribution in [-0.4, -0.2) is 17.8 Å². The third-order valence-electron chi connectivity index (χ3n) is 2.53. The van der Waals surface area contributed by atoms with Crippen molar-refractivity contribution < 1.29 is 9.84 Å². The maximum Gasteiger partial charge on any atom is 0.119 e. The Balaban J connectivity index is 2.50. The van der Waals surface area contributed by atoms with Gasteiger partial charge in [-0.2, -0.15) is 0 Å². The monoisotopic (exact) mass is 221 g/mol. The fourth-order valence-electron chi connectivity index (χ4n) is 1.37. The van der Waals surface area contributed by atoms with Gasteiger partial charge in [-0.15, -0.1) is 0 Å². The van der Waals surface area contributed by atoms with Crippen LogP contribution in [0.5, 0.6) is 5.75 Å². The molecule has 2 nitrogen and oxygen atoms in total. The Kier molecular flexibility index (Phi) is 5.33. The minimum absolute atomic E-state index is 0.229. The second kappa shape index (κ2) is 6.54. The van der Waals surface area contributed by atoms with E-state index in [2.05, 4.69) is 12.5 Å². The first-order valence-corrected chi connectivity index (χ1v) is 5.81. The Bertz CT molecular complexity index is 307. The Hall–Kier alpha value is -1.02. The lowest BCUT2D eigenvalue weighted by Gasteiger charge is -2.15. The van der Waals surface area contributed by atoms with E-state index in [1.807, 2.05) is 39.0 Å². The highest BCUT2D eigenvalue weighted by molar-refractivity contribution is 5.29. The molecule has 1 atom stereocenters. The second-order valence-corrected chi connectivity index (χ2v) is 4.38. The molecular weight excluding hydrogens is 200 g/mol. The summed E-state index contributed by atoms with van der Waals surface area (Å²) < 4.78 is 5.55. The molecule has 0 saturated heterocycles. The molecule has 0 aliphatic carbocycles. The van der Waals surface area contributed by atoms with Crippen LogP contribution in [-0.2, 0) is 6.42 Å². The Morgan fingerprint density at radius 2 is 2.12 bits per heavy atom. The average molecular weight is 221 g/mol. The molecule has 1 unspecified atom stereocenters. The van der Waals surface area contributed by atoms with Gasteiger partial charge in [-0.1, -0.05) is 32.9 Å². The van der Waals surface area contributed by atoms with Gasteiger partial charge in [0, 0.05) is 0 Å². The first kappa shape index (κ1) is 13.0. The van der Waals surface area contributed by atoms with Crippen LogP contribution in [0.15, 0.2) is 24.3 Å². The highest BCUT2D eigenvalue weighted by Gasteiger charge is 2.09. The lowest BCUT2D eigenvalue weighted by molar-refractivity contribution is 0.0701. The van der Waals surface area contributed by atoms with Crippen molar-refractivity contribution in [2.45, 2.75) is 33.3 Å². The van der Waals surface area contributed by atoms with Gasteiger partial charge in [-0.3, -0.25) is 0 Å². The summed E-state index contributed by atoms with van der Waals surface area (Å²) in [7, 11) is 0. The van der Waals surface area contributed by atoms with E-state index in [1.54, 1.807) is 0 Å². The number of aliphatic hydroxyl groups is 1. The van der Waals surface area contributed by atoms with Crippen LogP contribution in [0.3, 0.4) is 0 Å². The molecule has 1 N–H and O–H groups in total. The number of benzene rings is 1. The maximum atomic E-state index is 9.63. The predicted molar refractivity (Wildman–Crippen MR) is 66.5 cm³/mol. The van der Waals surface area contributed by atoms with E-state index in [1.165, 1.54) is 5.56 Å². The maximum absolute atomic E-state index is 9.63. The summed E-state index contributed by atoms with van der Waals surface area (Å²) >= 11 is 0. The Morgan fingerprint density at radius 1 is 1.38 bits per heavy atom. The highest BCUT2D eigenvalue weighted by Crippen LogP contribution is 2.15. The Labute approximate surface area is 98.3 Å². The molecule has 1 aromatic rings. The zero-order valence-corrected chi connectivity index (χ0v) is 10.3. The summed E-state index contributed by atoms with van der Waals surface area (Å²) in [4.78, 5) is 0. The summed E-state index contributed by atoms with van der Waals surface area (Å²) in [6.45, 7) is 6.36. The molecule has 0 bridgehead atoms. The quantitative estimate of drug-likeness (QED) is 0.800. The zero-order chi connectivity index (χ0) is 12.0. The number of ether oxygens (including phenoxy) is 1. The van der Waals surface area contributed by atoms with Crippen LogP contribution in [0.1, 0.15) is 26.3 Å². The third-order valence-corrected chi connectivity index (χ3v) is 2.53. The molecule has 1 aromatic carbocycles. The van der Waals surface area contributed by atoms with Crippen molar-refractivity contribution in [2.75, 3.05) is 6.61 Å². The first-order valence-electron chi connectivity index (χ1n) is 5.81. The molecule has 2 heteroatoms. The van der Waals surface area contributed by atoms with Crippen molar-refractivity contribution in [2.24, 2.45) is 5.92 Å². The van der Waals surface area contributed by atoms with Gasteiger partial charge in [0.15, 0.2) is 0 Å². The van der Waals surface area contributed by atoms with Crippen LogP contribution in [0.4, 0.5) is 0 Å². The van der Waals surface area contributed by atoms with E-state index in [-0.39, 0.29) is 5.92 Å². The van der Waals surface area contributed by atoms with Gasteiger partial charge >= 0.3 is 0 Å². The van der Waals surface area contributed by atoms with Crippen molar-refractivity contribution >= 4 is 0 Å². The smallest absolute Gasteiger partial charge is 0.119 e. The largest absolute Gasteiger partial charge is 0.491 e. The van der Waals surface area contributed by atoms with Crippen LogP contribution in [0, 0.1) is 12.3 Å². The SMILES string of the molecule is C[CH]Cc1cccc(OCC(O)C(C)C)c1. The molecule has 89 valence electrons. The lowest BCUT2D eigenvalue weighted by Crippen LogP contribution is -2.23. The van der Waals surface area contributed by atoms with E-state index in [0.717, 1.165) is 12.2 Å². The summed E-state index contributed by atoms with van der Waals surface area (Å²) in [6.07, 6.45) is 2.66. The molecule has 1 radical (unpaired) electrons. The summed E-state index contributed by atoms with van der Waals surface area (Å²) in [5, 5.41) is 9.63. The van der Waals surface area contributed by atoms with Crippen molar-refractivity contribution in [3.63, 3.8) is 0 Å². The number of rotatable bonds is 6. The van der Waals surface area contributed by atoms with Crippen LogP contribution in [0.2, 0.25) is 0 Å². The summed E-state index contributed by atoms with van der Waals surface area (Å²) in [5.41, 5.74) is 1.24. The van der Waals surface area contributed by atoms with E-state index in [9.17, 15) is 5.11 Å². The molecule has 0 aliphatic rings. The van der Waals surface area contributed by atoms with E-state index >= 15 is 0 Å². The Morgan fingerprint density at radius 3 is 2.75 bits per heavy atom. The number of aliphatic hydroxyl groups excluding tert-OH is 1. The van der Waals surface area contributed by atoms with E-state index < -0.39 is 6.10 Å². The lowest BCUT2D eigenvalue weighted by atomic mass is 10.1. The van der Waals surface area contributed by atoms with Gasteiger partial charge in [0.05, 0.1) is 6.10 Å². The van der Waals surface area contributed by atoms with Gasteiger partial charge in [0.1, 0.15) is 12.4 Å². The van der Waals surface area contributed by atoms with Gasteiger partial charge in [-0.05, 0) is 36.5 Å². The normalized spacial score (nSPS) is 12.8. The van der Waals surface area contributed by atoms with Gasteiger partial charge in [0.25, 0.3) is 0 Å². The molecule has 0 fully saturated rings. The summed E-state index contributed by atoms with van der Waals surface area (Å²) in [5.74, 6) is 1.06. The van der Waals surface area contributed by atoms with E-state index in [0.29, 0.717) is 6.61 Å². The predicted octanol–water partition coefficient (Wildman–Crippen LogP) is 2.85. The van der Waals surface area contributed by atoms with Crippen molar-refractivity contribution in [3.05, 3.63) is 36.2 Å². The molecule has 16 heavy (non-hydrogen) atoms. The van der Waals surface area contributed by atoms with Gasteiger partial charge in [-0.25, -0.2) is 0 Å². The fourth-order valence-corrected chi connectivity index (χ4v) is 1.37. The van der Waals surface area contributed by atoms with Gasteiger partial charge < -0.3 is 9.84 Å². The third kappa shape index (κ3) is 4.23. The summed E-state index contributed by atoms with van der Waals surface area (Å²) in [6, 6.07) is 8.00. The molecule has 0 amide bonds. The number of hydrogen-bond donors (Lipinski definition) is 1. The molecule has 1 rings (SSSR count). The second-order valence-electron chi connectivity index (χ2n) is 4.38. The highest BCUT2D eigenvalue weighted by atomic mass is 16.5. The van der Waals surface area contributed by atoms with Gasteiger partial charge in [0.2, 0.25) is 0 Å². The molecular formula is C14H21O2. The average Bonchev–Trinajstić information content (AvgIpc) is 2.26. The van der Waals surface area contributed by atoms with E-state index in [4.69, 9.17) is 4.74 Å². The van der Waals surface area contributed by atoms with Crippen molar-refractivity contribution in [1.29, 1.82) is 0 Å². The molecule has 0 heterocycles. The standard InChI is InChI=1S/C14H21O2/c1-4-6-12-7-5-8-13(9-12)16-10-14(15)11(2)3/h4-5,7-9,11,14-15H,6,10H2,1-3H3. The van der Waals surface area contributed by atoms with Crippen molar-refractivity contribution in [3.8, 4) is 5.75 Å². The molecule has 0 aliphatic heterocycles. The van der Waals surface area contributed by atoms with Crippen LogP contribution >= 0.6 is 0 Å². The molecule has 0 saturated carbocycles. The van der Waals surface area contributed by atoms with Crippen LogP contribution in [0.25, 0.3) is 0 Å². The zero-order valence-electron chi connectivity index (χ0n) is 10.3. The van der Waals surface area contributed by atoms with Crippen LogP contribution < -0.4 is 4.74 Å². The van der Waals surface area contributed by atoms with Crippen molar-refractivity contribution in [1.82, 2.24) is 0 Å². The minimum atomic E-state index is -0.401.